The Hall–Kier alpha value is -0.780. The second-order valence-corrected chi connectivity index (χ2v) is 6.67. The van der Waals surface area contributed by atoms with Crippen LogP contribution in [0.2, 0.25) is 0 Å². The van der Waals surface area contributed by atoms with E-state index in [1.54, 1.807) is 0 Å². The fourth-order valence-electron chi connectivity index (χ4n) is 2.95. The van der Waals surface area contributed by atoms with Gasteiger partial charge in [-0.15, -0.1) is 0 Å². The van der Waals surface area contributed by atoms with E-state index in [2.05, 4.69) is 0 Å². The summed E-state index contributed by atoms with van der Waals surface area (Å²) in [6.07, 6.45) is 2.96. The molecule has 2 atom stereocenters. The van der Waals surface area contributed by atoms with E-state index in [1.807, 2.05) is 17.8 Å². The summed E-state index contributed by atoms with van der Waals surface area (Å²) in [7, 11) is 0. The molecular formula is C15H20FNO2S. The molecule has 2 fully saturated rings. The lowest BCUT2D eigenvalue weighted by molar-refractivity contribution is -0.0959. The van der Waals surface area contributed by atoms with Crippen LogP contribution in [0, 0.1) is 5.82 Å². The molecule has 2 aliphatic heterocycles. The van der Waals surface area contributed by atoms with Crippen LogP contribution in [-0.2, 0) is 11.3 Å². The second kappa shape index (κ2) is 5.92. The average molecular weight is 297 g/mol. The van der Waals surface area contributed by atoms with Gasteiger partial charge in [0.05, 0.1) is 12.2 Å². The van der Waals surface area contributed by atoms with Crippen molar-refractivity contribution in [3.05, 3.63) is 29.6 Å². The number of rotatable bonds is 3. The van der Waals surface area contributed by atoms with Gasteiger partial charge in [0, 0.05) is 31.2 Å². The predicted octanol–water partition coefficient (Wildman–Crippen LogP) is 2.72. The van der Waals surface area contributed by atoms with Crippen molar-refractivity contribution < 1.29 is 13.9 Å². The topological polar surface area (TPSA) is 44.5 Å². The molecule has 3 nitrogen and oxygen atoms in total. The molecule has 0 aliphatic carbocycles. The number of hydrogen-bond donors (Lipinski definition) is 1. The Morgan fingerprint density at radius 1 is 1.45 bits per heavy atom. The molecule has 110 valence electrons. The Balaban J connectivity index is 1.69. The zero-order chi connectivity index (χ0) is 14.0. The Morgan fingerprint density at radius 2 is 2.35 bits per heavy atom. The molecule has 0 amide bonds. The SMILES string of the molecule is NCc1cc(F)cc(OC2CCOC3(CCSC3)C2)c1. The highest BCUT2D eigenvalue weighted by molar-refractivity contribution is 7.99. The van der Waals surface area contributed by atoms with Crippen molar-refractivity contribution in [2.24, 2.45) is 5.73 Å². The maximum atomic E-state index is 13.5. The van der Waals surface area contributed by atoms with Gasteiger partial charge in [-0.05, 0) is 29.9 Å². The van der Waals surface area contributed by atoms with Gasteiger partial charge in [-0.25, -0.2) is 4.39 Å². The van der Waals surface area contributed by atoms with E-state index in [0.29, 0.717) is 12.3 Å². The van der Waals surface area contributed by atoms with Crippen LogP contribution < -0.4 is 10.5 Å². The van der Waals surface area contributed by atoms with E-state index < -0.39 is 0 Å². The van der Waals surface area contributed by atoms with Gasteiger partial charge in [0.25, 0.3) is 0 Å². The maximum absolute atomic E-state index is 13.5. The minimum absolute atomic E-state index is 0.0163. The van der Waals surface area contributed by atoms with Crippen LogP contribution in [0.1, 0.15) is 24.8 Å². The summed E-state index contributed by atoms with van der Waals surface area (Å²) in [6, 6.07) is 4.71. The molecule has 3 rings (SSSR count). The van der Waals surface area contributed by atoms with E-state index >= 15 is 0 Å². The summed E-state index contributed by atoms with van der Waals surface area (Å²) < 4.78 is 25.4. The fourth-order valence-corrected chi connectivity index (χ4v) is 4.32. The number of nitrogens with two attached hydrogens (primary N) is 1. The molecule has 0 saturated carbocycles. The van der Waals surface area contributed by atoms with Gasteiger partial charge in [-0.1, -0.05) is 0 Å². The van der Waals surface area contributed by atoms with Gasteiger partial charge in [0.2, 0.25) is 0 Å². The second-order valence-electron chi connectivity index (χ2n) is 5.57. The quantitative estimate of drug-likeness (QED) is 0.931. The van der Waals surface area contributed by atoms with Gasteiger partial charge in [0.15, 0.2) is 0 Å². The van der Waals surface area contributed by atoms with E-state index in [0.717, 1.165) is 42.9 Å². The van der Waals surface area contributed by atoms with Crippen molar-refractivity contribution in [3.8, 4) is 5.75 Å². The highest BCUT2D eigenvalue weighted by Crippen LogP contribution is 2.39. The first kappa shape index (κ1) is 14.2. The molecular weight excluding hydrogens is 277 g/mol. The zero-order valence-corrected chi connectivity index (χ0v) is 12.3. The number of ether oxygens (including phenoxy) is 2. The third-order valence-electron chi connectivity index (χ3n) is 3.98. The minimum Gasteiger partial charge on any atom is -0.490 e. The summed E-state index contributed by atoms with van der Waals surface area (Å²) in [4.78, 5) is 0. The van der Waals surface area contributed by atoms with Crippen molar-refractivity contribution in [1.29, 1.82) is 0 Å². The number of thioether (sulfide) groups is 1. The van der Waals surface area contributed by atoms with Gasteiger partial charge in [0.1, 0.15) is 17.7 Å². The summed E-state index contributed by atoms with van der Waals surface area (Å²) >= 11 is 1.94. The molecule has 2 saturated heterocycles. The van der Waals surface area contributed by atoms with Gasteiger partial charge in [-0.3, -0.25) is 0 Å². The molecule has 2 unspecified atom stereocenters. The lowest BCUT2D eigenvalue weighted by atomic mass is 9.91. The van der Waals surface area contributed by atoms with E-state index in [1.165, 1.54) is 12.1 Å². The number of benzene rings is 1. The summed E-state index contributed by atoms with van der Waals surface area (Å²) in [5.41, 5.74) is 6.32. The third-order valence-corrected chi connectivity index (χ3v) is 5.21. The predicted molar refractivity (Wildman–Crippen MR) is 78.6 cm³/mol. The third kappa shape index (κ3) is 3.10. The van der Waals surface area contributed by atoms with Crippen molar-refractivity contribution >= 4 is 11.8 Å². The Bertz CT molecular complexity index is 477. The van der Waals surface area contributed by atoms with Crippen molar-refractivity contribution in [2.45, 2.75) is 37.5 Å². The molecule has 20 heavy (non-hydrogen) atoms. The Kier molecular flexibility index (Phi) is 4.19. The molecule has 1 aromatic carbocycles. The standard InChI is InChI=1S/C15H20FNO2S/c16-12-5-11(9-17)6-14(7-12)19-13-1-3-18-15(8-13)2-4-20-10-15/h5-7,13H,1-4,8-10,17H2. The molecule has 0 aromatic heterocycles. The molecule has 1 spiro atoms. The van der Waals surface area contributed by atoms with E-state index in [9.17, 15) is 4.39 Å². The first-order valence-corrected chi connectivity index (χ1v) is 8.22. The summed E-state index contributed by atoms with van der Waals surface area (Å²) in [5, 5.41) is 0. The van der Waals surface area contributed by atoms with Gasteiger partial charge in [-0.2, -0.15) is 11.8 Å². The van der Waals surface area contributed by atoms with Crippen LogP contribution in [0.25, 0.3) is 0 Å². The smallest absolute Gasteiger partial charge is 0.127 e. The number of halogens is 1. The van der Waals surface area contributed by atoms with E-state index in [-0.39, 0.29) is 17.5 Å². The monoisotopic (exact) mass is 297 g/mol. The average Bonchev–Trinajstić information content (AvgIpc) is 2.86. The Morgan fingerprint density at radius 3 is 3.10 bits per heavy atom. The van der Waals surface area contributed by atoms with Crippen LogP contribution >= 0.6 is 11.8 Å². The van der Waals surface area contributed by atoms with Crippen LogP contribution in [0.5, 0.6) is 5.75 Å². The molecule has 1 aromatic rings. The van der Waals surface area contributed by atoms with E-state index in [4.69, 9.17) is 15.2 Å². The van der Waals surface area contributed by atoms with Crippen LogP contribution in [0.15, 0.2) is 18.2 Å². The van der Waals surface area contributed by atoms with Gasteiger partial charge < -0.3 is 15.2 Å². The molecule has 2 N–H and O–H groups in total. The highest BCUT2D eigenvalue weighted by atomic mass is 32.2. The van der Waals surface area contributed by atoms with Crippen molar-refractivity contribution in [3.63, 3.8) is 0 Å². The van der Waals surface area contributed by atoms with Crippen molar-refractivity contribution in [2.75, 3.05) is 18.1 Å². The molecule has 0 bridgehead atoms. The molecule has 2 heterocycles. The fraction of sp³-hybridized carbons (Fsp3) is 0.600. The molecule has 0 radical (unpaired) electrons. The molecule has 5 heteroatoms. The van der Waals surface area contributed by atoms with Crippen LogP contribution in [-0.4, -0.2) is 29.8 Å². The minimum atomic E-state index is -0.291. The largest absolute Gasteiger partial charge is 0.490 e. The lowest BCUT2D eigenvalue weighted by Crippen LogP contribution is -2.43. The van der Waals surface area contributed by atoms with Crippen LogP contribution in [0.4, 0.5) is 4.39 Å². The lowest BCUT2D eigenvalue weighted by Gasteiger charge is -2.37. The first-order chi connectivity index (χ1) is 9.69. The highest BCUT2D eigenvalue weighted by Gasteiger charge is 2.41. The zero-order valence-electron chi connectivity index (χ0n) is 11.4. The first-order valence-electron chi connectivity index (χ1n) is 7.07. The normalized spacial score (nSPS) is 29.8. The summed E-state index contributed by atoms with van der Waals surface area (Å²) in [5.74, 6) is 2.49. The van der Waals surface area contributed by atoms with Crippen molar-refractivity contribution in [1.82, 2.24) is 0 Å². The van der Waals surface area contributed by atoms with Gasteiger partial charge >= 0.3 is 0 Å². The summed E-state index contributed by atoms with van der Waals surface area (Å²) in [6.45, 7) is 1.05. The number of hydrogen-bond acceptors (Lipinski definition) is 4. The van der Waals surface area contributed by atoms with Crippen LogP contribution in [0.3, 0.4) is 0 Å². The maximum Gasteiger partial charge on any atom is 0.127 e. The Labute approximate surface area is 123 Å². The molecule has 2 aliphatic rings.